The van der Waals surface area contributed by atoms with E-state index in [1.807, 2.05) is 24.3 Å². The van der Waals surface area contributed by atoms with Crippen LogP contribution in [0.15, 0.2) is 24.3 Å². The van der Waals surface area contributed by atoms with Crippen LogP contribution in [-0.4, -0.2) is 40.7 Å². The Morgan fingerprint density at radius 3 is 2.33 bits per heavy atom. The quantitative estimate of drug-likeness (QED) is 0.909. The molecule has 2 aliphatic rings. The van der Waals surface area contributed by atoms with E-state index >= 15 is 0 Å². The second-order valence-corrected chi connectivity index (χ2v) is 7.39. The van der Waals surface area contributed by atoms with Crippen molar-refractivity contribution in [2.45, 2.75) is 38.4 Å². The molecule has 1 aromatic carbocycles. The van der Waals surface area contributed by atoms with E-state index in [-0.39, 0.29) is 6.54 Å². The van der Waals surface area contributed by atoms with Gasteiger partial charge in [0.2, 0.25) is 0 Å². The molecule has 3 rings (SSSR count). The van der Waals surface area contributed by atoms with E-state index in [1.165, 1.54) is 4.31 Å². The van der Waals surface area contributed by atoms with Gasteiger partial charge in [0.1, 0.15) is 6.04 Å². The summed E-state index contributed by atoms with van der Waals surface area (Å²) in [5, 5.41) is 9.26. The molecule has 2 heterocycles. The predicted octanol–water partition coefficient (Wildman–Crippen LogP) is 1.19. The summed E-state index contributed by atoms with van der Waals surface area (Å²) in [4.78, 5) is 11.3. The molecule has 1 N–H and O–H groups in total. The molecule has 1 fully saturated rings. The molecule has 0 radical (unpaired) electrons. The van der Waals surface area contributed by atoms with Gasteiger partial charge in [-0.05, 0) is 30.4 Å². The molecule has 0 bridgehead atoms. The molecule has 0 aliphatic carbocycles. The second-order valence-electron chi connectivity index (χ2n) is 5.51. The largest absolute Gasteiger partial charge is 0.480 e. The van der Waals surface area contributed by atoms with Crippen molar-refractivity contribution in [1.82, 2.24) is 8.61 Å². The Morgan fingerprint density at radius 1 is 1.14 bits per heavy atom. The minimum Gasteiger partial charge on any atom is -0.480 e. The van der Waals surface area contributed by atoms with E-state index in [9.17, 15) is 18.3 Å². The number of piperidine rings is 1. The third kappa shape index (κ3) is 2.56. The van der Waals surface area contributed by atoms with Gasteiger partial charge in [0.25, 0.3) is 10.2 Å². The first-order chi connectivity index (χ1) is 10.00. The molecule has 114 valence electrons. The molecular weight excluding hydrogens is 292 g/mol. The maximum Gasteiger partial charge on any atom is 0.322 e. The molecule has 0 aromatic heterocycles. The molecule has 2 aliphatic heterocycles. The predicted molar refractivity (Wildman–Crippen MR) is 76.6 cm³/mol. The number of rotatable bonds is 3. The Hall–Kier alpha value is -1.44. The van der Waals surface area contributed by atoms with Crippen molar-refractivity contribution in [3.05, 3.63) is 35.4 Å². The van der Waals surface area contributed by atoms with Gasteiger partial charge >= 0.3 is 5.97 Å². The van der Waals surface area contributed by atoms with Gasteiger partial charge in [-0.2, -0.15) is 17.0 Å². The average molecular weight is 310 g/mol. The third-order valence-electron chi connectivity index (χ3n) is 4.17. The third-order valence-corrected chi connectivity index (χ3v) is 6.11. The van der Waals surface area contributed by atoms with E-state index in [0.29, 0.717) is 25.9 Å². The van der Waals surface area contributed by atoms with Crippen LogP contribution in [0, 0.1) is 0 Å². The van der Waals surface area contributed by atoms with Gasteiger partial charge in [0.15, 0.2) is 0 Å². The summed E-state index contributed by atoms with van der Waals surface area (Å²) in [6.45, 7) is 0.925. The van der Waals surface area contributed by atoms with Gasteiger partial charge in [0.05, 0.1) is 0 Å². The lowest BCUT2D eigenvalue weighted by atomic mass is 10.1. The number of hydrogen-bond acceptors (Lipinski definition) is 3. The molecule has 21 heavy (non-hydrogen) atoms. The van der Waals surface area contributed by atoms with E-state index in [1.54, 1.807) is 0 Å². The molecule has 1 atom stereocenters. The van der Waals surface area contributed by atoms with Crippen molar-refractivity contribution in [2.24, 2.45) is 0 Å². The number of aliphatic carboxylic acids is 1. The molecule has 1 saturated heterocycles. The summed E-state index contributed by atoms with van der Waals surface area (Å²) in [6, 6.07) is 6.66. The lowest BCUT2D eigenvalue weighted by Crippen LogP contribution is -2.52. The van der Waals surface area contributed by atoms with Crippen LogP contribution >= 0.6 is 0 Å². The first-order valence-corrected chi connectivity index (χ1v) is 8.46. The average Bonchev–Trinajstić information content (AvgIpc) is 2.92. The Morgan fingerprint density at radius 2 is 1.76 bits per heavy atom. The van der Waals surface area contributed by atoms with E-state index in [2.05, 4.69) is 0 Å². The summed E-state index contributed by atoms with van der Waals surface area (Å²) >= 11 is 0. The summed E-state index contributed by atoms with van der Waals surface area (Å²) in [6.07, 6.45) is 1.85. The van der Waals surface area contributed by atoms with Crippen molar-refractivity contribution in [3.8, 4) is 0 Å². The molecule has 0 spiro atoms. The highest BCUT2D eigenvalue weighted by atomic mass is 32.2. The highest BCUT2D eigenvalue weighted by molar-refractivity contribution is 7.86. The number of carbonyl (C=O) groups is 1. The fraction of sp³-hybridized carbons (Fsp3) is 0.500. The zero-order valence-electron chi connectivity index (χ0n) is 11.6. The summed E-state index contributed by atoms with van der Waals surface area (Å²) in [7, 11) is -3.74. The smallest absolute Gasteiger partial charge is 0.322 e. The summed E-state index contributed by atoms with van der Waals surface area (Å²) in [5.74, 6) is -1.06. The van der Waals surface area contributed by atoms with E-state index < -0.39 is 22.2 Å². The van der Waals surface area contributed by atoms with Crippen molar-refractivity contribution in [3.63, 3.8) is 0 Å². The Bertz CT molecular complexity index is 634. The Balaban J connectivity index is 1.86. The number of carboxylic acids is 1. The number of carboxylic acid groups (broad SMARTS) is 1. The van der Waals surface area contributed by atoms with Crippen molar-refractivity contribution in [1.29, 1.82) is 0 Å². The number of benzene rings is 1. The number of fused-ring (bicyclic) bond motifs is 1. The summed E-state index contributed by atoms with van der Waals surface area (Å²) < 4.78 is 28.1. The monoisotopic (exact) mass is 310 g/mol. The normalized spacial score (nSPS) is 23.9. The maximum atomic E-state index is 12.8. The van der Waals surface area contributed by atoms with Gasteiger partial charge in [-0.1, -0.05) is 24.3 Å². The van der Waals surface area contributed by atoms with Crippen LogP contribution < -0.4 is 0 Å². The first kappa shape index (κ1) is 14.5. The van der Waals surface area contributed by atoms with Crippen LogP contribution in [0.3, 0.4) is 0 Å². The number of hydrogen-bond donors (Lipinski definition) is 1. The molecule has 0 amide bonds. The van der Waals surface area contributed by atoms with Gasteiger partial charge in [-0.25, -0.2) is 0 Å². The van der Waals surface area contributed by atoms with Crippen LogP contribution in [0.5, 0.6) is 0 Å². The highest BCUT2D eigenvalue weighted by Gasteiger charge is 2.41. The Kier molecular flexibility index (Phi) is 3.73. The van der Waals surface area contributed by atoms with Crippen LogP contribution in [0.25, 0.3) is 0 Å². The minimum atomic E-state index is -3.74. The topological polar surface area (TPSA) is 77.9 Å². The fourth-order valence-corrected chi connectivity index (χ4v) is 4.82. The van der Waals surface area contributed by atoms with Crippen molar-refractivity contribution < 1.29 is 18.3 Å². The lowest BCUT2D eigenvalue weighted by Gasteiger charge is -2.34. The lowest BCUT2D eigenvalue weighted by molar-refractivity contribution is -0.142. The summed E-state index contributed by atoms with van der Waals surface area (Å²) in [5.41, 5.74) is 1.98. The van der Waals surface area contributed by atoms with E-state index in [0.717, 1.165) is 21.9 Å². The highest BCUT2D eigenvalue weighted by Crippen LogP contribution is 2.29. The van der Waals surface area contributed by atoms with Crippen LogP contribution in [0.1, 0.15) is 30.4 Å². The molecule has 7 heteroatoms. The molecular formula is C14H18N2O4S. The molecule has 0 saturated carbocycles. The van der Waals surface area contributed by atoms with Gasteiger partial charge in [0, 0.05) is 19.6 Å². The van der Waals surface area contributed by atoms with Crippen molar-refractivity contribution in [2.75, 3.05) is 6.54 Å². The van der Waals surface area contributed by atoms with Crippen LogP contribution in [0.4, 0.5) is 0 Å². The minimum absolute atomic E-state index is 0.284. The molecule has 1 unspecified atom stereocenters. The van der Waals surface area contributed by atoms with E-state index in [4.69, 9.17) is 0 Å². The first-order valence-electron chi connectivity index (χ1n) is 7.06. The Labute approximate surface area is 124 Å². The van der Waals surface area contributed by atoms with Crippen LogP contribution in [-0.2, 0) is 28.1 Å². The van der Waals surface area contributed by atoms with Gasteiger partial charge < -0.3 is 5.11 Å². The molecule has 6 nitrogen and oxygen atoms in total. The second kappa shape index (κ2) is 5.40. The maximum absolute atomic E-state index is 12.8. The number of nitrogens with zero attached hydrogens (tertiary/aromatic N) is 2. The SMILES string of the molecule is O=C(O)C1CCCCN1S(=O)(=O)N1Cc2ccccc2C1. The van der Waals surface area contributed by atoms with Gasteiger partial charge in [-0.3, -0.25) is 4.79 Å². The molecule has 1 aromatic rings. The zero-order valence-corrected chi connectivity index (χ0v) is 12.4. The fourth-order valence-electron chi connectivity index (χ4n) is 3.04. The van der Waals surface area contributed by atoms with Crippen molar-refractivity contribution >= 4 is 16.2 Å². The zero-order chi connectivity index (χ0) is 15.0. The van der Waals surface area contributed by atoms with Crippen LogP contribution in [0.2, 0.25) is 0 Å². The standard InChI is InChI=1S/C14H18N2O4S/c17-14(18)13-7-3-4-8-16(13)21(19,20)15-9-11-5-1-2-6-12(11)10-15/h1-2,5-6,13H,3-4,7-10H2,(H,17,18). The van der Waals surface area contributed by atoms with Gasteiger partial charge in [-0.15, -0.1) is 0 Å².